The number of anilines is 1. The van der Waals surface area contributed by atoms with Gasteiger partial charge in [0.2, 0.25) is 11.8 Å². The van der Waals surface area contributed by atoms with E-state index in [1.54, 1.807) is 18.4 Å². The molecule has 140 valence electrons. The third-order valence-electron chi connectivity index (χ3n) is 4.88. The summed E-state index contributed by atoms with van der Waals surface area (Å²) in [7, 11) is -3.56. The highest BCUT2D eigenvalue weighted by atomic mass is 32.2. The molecule has 1 aliphatic rings. The van der Waals surface area contributed by atoms with Crippen molar-refractivity contribution in [1.29, 1.82) is 0 Å². The summed E-state index contributed by atoms with van der Waals surface area (Å²) in [6.07, 6.45) is 3.21. The average Bonchev–Trinajstić information content (AvgIpc) is 3.02. The van der Waals surface area contributed by atoms with Gasteiger partial charge in [0.15, 0.2) is 14.6 Å². The molecule has 0 unspecified atom stereocenters. The number of aromatic nitrogens is 1. The maximum Gasteiger partial charge on any atom is 0.245 e. The molecule has 26 heavy (non-hydrogen) atoms. The van der Waals surface area contributed by atoms with Crippen LogP contribution < -0.4 is 10.6 Å². The van der Waals surface area contributed by atoms with Crippen LogP contribution in [0.1, 0.15) is 24.1 Å². The van der Waals surface area contributed by atoms with Crippen molar-refractivity contribution in [2.75, 3.05) is 24.7 Å². The number of oxazole rings is 1. The van der Waals surface area contributed by atoms with E-state index < -0.39 is 20.5 Å². The summed E-state index contributed by atoms with van der Waals surface area (Å²) >= 11 is 0. The molecule has 0 bridgehead atoms. The number of hydrogen-bond donors (Lipinski definition) is 2. The van der Waals surface area contributed by atoms with E-state index in [9.17, 15) is 13.2 Å². The van der Waals surface area contributed by atoms with E-state index in [2.05, 4.69) is 15.6 Å². The lowest BCUT2D eigenvalue weighted by Gasteiger charge is -2.34. The van der Waals surface area contributed by atoms with Gasteiger partial charge in [0.25, 0.3) is 0 Å². The minimum absolute atomic E-state index is 0.259. The van der Waals surface area contributed by atoms with Crippen LogP contribution in [0.25, 0.3) is 11.5 Å². The van der Waals surface area contributed by atoms with Crippen LogP contribution in [0.5, 0.6) is 0 Å². The van der Waals surface area contributed by atoms with Crippen LogP contribution in [-0.4, -0.2) is 43.4 Å². The van der Waals surface area contributed by atoms with E-state index in [-0.39, 0.29) is 12.8 Å². The number of amides is 1. The number of rotatable bonds is 4. The average molecular weight is 377 g/mol. The molecule has 1 amide bonds. The summed E-state index contributed by atoms with van der Waals surface area (Å²) < 4.78 is 28.8. The third-order valence-corrected chi connectivity index (χ3v) is 6.89. The Morgan fingerprint density at radius 3 is 2.54 bits per heavy atom. The fourth-order valence-corrected chi connectivity index (χ4v) is 4.58. The lowest BCUT2D eigenvalue weighted by atomic mass is 9.95. The molecule has 0 spiro atoms. The highest BCUT2D eigenvalue weighted by Gasteiger charge is 2.48. The van der Waals surface area contributed by atoms with E-state index in [1.165, 1.54) is 0 Å². The van der Waals surface area contributed by atoms with Crippen molar-refractivity contribution in [3.05, 3.63) is 35.7 Å². The van der Waals surface area contributed by atoms with Crippen LogP contribution >= 0.6 is 0 Å². The van der Waals surface area contributed by atoms with Gasteiger partial charge in [-0.1, -0.05) is 6.07 Å². The smallest absolute Gasteiger partial charge is 0.245 e. The molecule has 0 radical (unpaired) electrons. The minimum Gasteiger partial charge on any atom is -0.444 e. The molecule has 0 aliphatic carbocycles. The second kappa shape index (κ2) is 6.85. The Bertz CT molecular complexity index is 928. The lowest BCUT2D eigenvalue weighted by molar-refractivity contribution is -0.119. The molecule has 8 heteroatoms. The number of aryl methyl sites for hydroxylation is 2. The number of hydrogen-bond acceptors (Lipinski definition) is 6. The summed E-state index contributed by atoms with van der Waals surface area (Å²) in [4.78, 5) is 17.2. The molecule has 1 aromatic carbocycles. The van der Waals surface area contributed by atoms with Crippen molar-refractivity contribution in [3.63, 3.8) is 0 Å². The maximum absolute atomic E-state index is 12.9. The first kappa shape index (κ1) is 18.6. The molecule has 1 aromatic heterocycles. The summed E-state index contributed by atoms with van der Waals surface area (Å²) in [5.41, 5.74) is 2.99. The van der Waals surface area contributed by atoms with Gasteiger partial charge < -0.3 is 15.1 Å². The Morgan fingerprint density at radius 1 is 1.27 bits per heavy atom. The number of carbonyl (C=O) groups is 1. The molecule has 2 heterocycles. The van der Waals surface area contributed by atoms with E-state index >= 15 is 0 Å². The number of sulfone groups is 1. The van der Waals surface area contributed by atoms with E-state index in [4.69, 9.17) is 4.42 Å². The predicted molar refractivity (Wildman–Crippen MR) is 99.7 cm³/mol. The van der Waals surface area contributed by atoms with Crippen LogP contribution in [0.15, 0.2) is 28.9 Å². The standard InChI is InChI=1S/C18H23N3O4S/c1-12-4-5-14(10-15(12)16-20-13(2)11-25-16)21-17(22)18(26(3,23)24)6-8-19-9-7-18/h4-5,10-11,19H,6-9H2,1-3H3,(H,21,22). The van der Waals surface area contributed by atoms with Crippen molar-refractivity contribution < 1.29 is 17.6 Å². The molecule has 3 rings (SSSR count). The Kier molecular flexibility index (Phi) is 4.90. The quantitative estimate of drug-likeness (QED) is 0.846. The normalized spacial score (nSPS) is 17.0. The monoisotopic (exact) mass is 377 g/mol. The number of carbonyl (C=O) groups excluding carboxylic acids is 1. The van der Waals surface area contributed by atoms with E-state index in [0.29, 0.717) is 24.7 Å². The van der Waals surface area contributed by atoms with Crippen LogP contribution in [0.2, 0.25) is 0 Å². The molecule has 0 atom stereocenters. The number of piperidine rings is 1. The van der Waals surface area contributed by atoms with Crippen molar-refractivity contribution in [2.45, 2.75) is 31.4 Å². The van der Waals surface area contributed by atoms with Crippen molar-refractivity contribution >= 4 is 21.4 Å². The second-order valence-electron chi connectivity index (χ2n) is 6.79. The number of benzene rings is 1. The SMILES string of the molecule is Cc1coc(-c2cc(NC(=O)C3(S(C)(=O)=O)CCNCC3)ccc2C)n1. The minimum atomic E-state index is -3.56. The topological polar surface area (TPSA) is 101 Å². The first-order valence-electron chi connectivity index (χ1n) is 8.48. The molecule has 1 saturated heterocycles. The molecular weight excluding hydrogens is 354 g/mol. The first-order valence-corrected chi connectivity index (χ1v) is 10.4. The van der Waals surface area contributed by atoms with E-state index in [1.807, 2.05) is 19.9 Å². The number of nitrogens with one attached hydrogen (secondary N) is 2. The summed E-state index contributed by atoms with van der Waals surface area (Å²) in [5, 5.41) is 5.89. The Morgan fingerprint density at radius 2 is 1.96 bits per heavy atom. The van der Waals surface area contributed by atoms with Gasteiger partial charge in [0.1, 0.15) is 6.26 Å². The van der Waals surface area contributed by atoms with Crippen LogP contribution in [0.4, 0.5) is 5.69 Å². The maximum atomic E-state index is 12.9. The van der Waals surface area contributed by atoms with Crippen LogP contribution in [0.3, 0.4) is 0 Å². The molecule has 1 fully saturated rings. The largest absolute Gasteiger partial charge is 0.444 e. The van der Waals surface area contributed by atoms with E-state index in [0.717, 1.165) is 23.1 Å². The lowest BCUT2D eigenvalue weighted by Crippen LogP contribution is -2.55. The zero-order valence-corrected chi connectivity index (χ0v) is 15.9. The van der Waals surface area contributed by atoms with Crippen molar-refractivity contribution in [1.82, 2.24) is 10.3 Å². The summed E-state index contributed by atoms with van der Waals surface area (Å²) in [5.74, 6) is -0.0179. The molecule has 2 N–H and O–H groups in total. The Hall–Kier alpha value is -2.19. The molecule has 0 saturated carbocycles. The summed E-state index contributed by atoms with van der Waals surface area (Å²) in [6, 6.07) is 5.36. The zero-order chi connectivity index (χ0) is 18.9. The molecule has 2 aromatic rings. The fraction of sp³-hybridized carbons (Fsp3) is 0.444. The predicted octanol–water partition coefficient (Wildman–Crippen LogP) is 2.06. The highest BCUT2D eigenvalue weighted by molar-refractivity contribution is 7.92. The molecule has 7 nitrogen and oxygen atoms in total. The van der Waals surface area contributed by atoms with Gasteiger partial charge in [0, 0.05) is 17.5 Å². The van der Waals surface area contributed by atoms with Gasteiger partial charge in [-0.2, -0.15) is 0 Å². The zero-order valence-electron chi connectivity index (χ0n) is 15.1. The fourth-order valence-electron chi connectivity index (χ4n) is 3.25. The summed E-state index contributed by atoms with van der Waals surface area (Å²) in [6.45, 7) is 4.75. The molecular formula is C18H23N3O4S. The third kappa shape index (κ3) is 3.39. The Labute approximate surface area is 153 Å². The van der Waals surface area contributed by atoms with Gasteiger partial charge >= 0.3 is 0 Å². The highest BCUT2D eigenvalue weighted by Crippen LogP contribution is 2.31. The van der Waals surface area contributed by atoms with Gasteiger partial charge in [-0.05, 0) is 57.5 Å². The molecule has 1 aliphatic heterocycles. The first-order chi connectivity index (χ1) is 12.2. The van der Waals surface area contributed by atoms with Crippen molar-refractivity contribution in [2.24, 2.45) is 0 Å². The Balaban J connectivity index is 1.92. The van der Waals surface area contributed by atoms with Crippen molar-refractivity contribution in [3.8, 4) is 11.5 Å². The second-order valence-corrected chi connectivity index (χ2v) is 9.12. The van der Waals surface area contributed by atoms with Crippen LogP contribution in [0, 0.1) is 13.8 Å². The van der Waals surface area contributed by atoms with Gasteiger partial charge in [0.05, 0.1) is 5.69 Å². The van der Waals surface area contributed by atoms with Gasteiger partial charge in [-0.15, -0.1) is 0 Å². The van der Waals surface area contributed by atoms with Crippen LogP contribution in [-0.2, 0) is 14.6 Å². The van der Waals surface area contributed by atoms with Gasteiger partial charge in [-0.3, -0.25) is 4.79 Å². The number of nitrogens with zero attached hydrogens (tertiary/aromatic N) is 1. The van der Waals surface area contributed by atoms with Gasteiger partial charge in [-0.25, -0.2) is 13.4 Å².